The van der Waals surface area contributed by atoms with Gasteiger partial charge in [0.25, 0.3) is 5.91 Å². The molecule has 0 aliphatic carbocycles. The van der Waals surface area contributed by atoms with Gasteiger partial charge >= 0.3 is 0 Å². The highest BCUT2D eigenvalue weighted by atomic mass is 32.2. The predicted octanol–water partition coefficient (Wildman–Crippen LogP) is 2.67. The summed E-state index contributed by atoms with van der Waals surface area (Å²) in [6.07, 6.45) is 3.25. The zero-order valence-electron chi connectivity index (χ0n) is 17.7. The molecule has 0 radical (unpaired) electrons. The molecule has 0 fully saturated rings. The Kier molecular flexibility index (Phi) is 7.02. The van der Waals surface area contributed by atoms with Gasteiger partial charge in [-0.05, 0) is 17.9 Å². The number of rotatable bonds is 11. The molecule has 0 aromatic carbocycles. The van der Waals surface area contributed by atoms with Crippen LogP contribution >= 0.6 is 11.8 Å². The summed E-state index contributed by atoms with van der Waals surface area (Å²) in [5, 5.41) is 15.8. The van der Waals surface area contributed by atoms with Crippen molar-refractivity contribution in [2.24, 2.45) is 0 Å². The van der Waals surface area contributed by atoms with Gasteiger partial charge < -0.3 is 24.3 Å². The molecule has 4 rings (SSSR count). The average Bonchev–Trinajstić information content (AvgIpc) is 3.55. The van der Waals surface area contributed by atoms with Crippen LogP contribution in [-0.4, -0.2) is 63.4 Å². The van der Waals surface area contributed by atoms with Crippen molar-refractivity contribution in [3.63, 3.8) is 0 Å². The topological polar surface area (TPSA) is 133 Å². The zero-order valence-corrected chi connectivity index (χ0v) is 18.5. The highest BCUT2D eigenvalue weighted by Crippen LogP contribution is 2.24. The zero-order chi connectivity index (χ0) is 22.3. The Morgan fingerprint density at radius 2 is 2.19 bits per heavy atom. The standard InChI is InChI=1S/C20H23N7O4S/c1-3-32-20-24-17(21-7-10-29-2)13-12-23-27(18(13)25-20)8-6-22-19(28)14-11-16(31-26-14)15-5-4-9-30-15/h4-5,9,11-12H,3,6-8,10H2,1-2H3,(H,22,28)(H,21,24,25). The van der Waals surface area contributed by atoms with Gasteiger partial charge in [0.1, 0.15) is 5.82 Å². The predicted molar refractivity (Wildman–Crippen MR) is 119 cm³/mol. The number of fused-ring (bicyclic) bond motifs is 1. The van der Waals surface area contributed by atoms with Crippen LogP contribution in [0.15, 0.2) is 44.8 Å². The maximum absolute atomic E-state index is 12.4. The van der Waals surface area contributed by atoms with Gasteiger partial charge in [-0.1, -0.05) is 23.8 Å². The van der Waals surface area contributed by atoms with Crippen molar-refractivity contribution in [1.82, 2.24) is 30.2 Å². The molecule has 11 nitrogen and oxygen atoms in total. The maximum Gasteiger partial charge on any atom is 0.273 e. The quantitative estimate of drug-likeness (QED) is 0.197. The van der Waals surface area contributed by atoms with E-state index in [0.717, 1.165) is 11.1 Å². The second-order valence-corrected chi connectivity index (χ2v) is 7.85. The van der Waals surface area contributed by atoms with Crippen molar-refractivity contribution in [2.75, 3.05) is 37.9 Å². The van der Waals surface area contributed by atoms with Crippen LogP contribution in [0.5, 0.6) is 0 Å². The molecule has 4 heterocycles. The Hall–Kier alpha value is -3.38. The van der Waals surface area contributed by atoms with Crippen molar-refractivity contribution in [3.8, 4) is 11.5 Å². The lowest BCUT2D eigenvalue weighted by Crippen LogP contribution is -2.27. The molecule has 2 N–H and O–H groups in total. The first-order chi connectivity index (χ1) is 15.7. The number of hydrogen-bond donors (Lipinski definition) is 2. The molecular weight excluding hydrogens is 434 g/mol. The van der Waals surface area contributed by atoms with E-state index in [1.54, 1.807) is 41.9 Å². The second kappa shape index (κ2) is 10.3. The fourth-order valence-corrected chi connectivity index (χ4v) is 3.55. The molecule has 0 saturated carbocycles. The van der Waals surface area contributed by atoms with E-state index < -0.39 is 0 Å². The number of furan rings is 1. The minimum absolute atomic E-state index is 0.176. The van der Waals surface area contributed by atoms with E-state index in [9.17, 15) is 4.79 Å². The fraction of sp³-hybridized carbons (Fsp3) is 0.350. The van der Waals surface area contributed by atoms with Crippen molar-refractivity contribution in [1.29, 1.82) is 0 Å². The molecule has 0 aliphatic rings. The summed E-state index contributed by atoms with van der Waals surface area (Å²) in [6.45, 7) is 4.00. The van der Waals surface area contributed by atoms with E-state index in [2.05, 4.69) is 30.9 Å². The fourth-order valence-electron chi connectivity index (χ4n) is 2.98. The van der Waals surface area contributed by atoms with Gasteiger partial charge in [0.05, 0.1) is 31.0 Å². The lowest BCUT2D eigenvalue weighted by atomic mass is 10.3. The van der Waals surface area contributed by atoms with Gasteiger partial charge in [-0.15, -0.1) is 0 Å². The normalized spacial score (nSPS) is 11.2. The van der Waals surface area contributed by atoms with E-state index in [0.29, 0.717) is 54.4 Å². The van der Waals surface area contributed by atoms with Crippen molar-refractivity contribution >= 4 is 34.5 Å². The molecule has 0 unspecified atom stereocenters. The number of methoxy groups -OCH3 is 1. The van der Waals surface area contributed by atoms with Crippen molar-refractivity contribution in [2.45, 2.75) is 18.6 Å². The van der Waals surface area contributed by atoms with E-state index in [-0.39, 0.29) is 11.6 Å². The van der Waals surface area contributed by atoms with Gasteiger partial charge in [-0.25, -0.2) is 14.6 Å². The average molecular weight is 458 g/mol. The van der Waals surface area contributed by atoms with Gasteiger partial charge in [0.2, 0.25) is 5.76 Å². The van der Waals surface area contributed by atoms with E-state index >= 15 is 0 Å². The number of nitrogens with zero attached hydrogens (tertiary/aromatic N) is 5. The summed E-state index contributed by atoms with van der Waals surface area (Å²) in [4.78, 5) is 21.6. The summed E-state index contributed by atoms with van der Waals surface area (Å²) in [7, 11) is 1.65. The van der Waals surface area contributed by atoms with E-state index in [1.165, 1.54) is 12.3 Å². The molecule has 0 bridgehead atoms. The molecule has 4 aromatic heterocycles. The molecule has 4 aromatic rings. The Morgan fingerprint density at radius 1 is 1.28 bits per heavy atom. The third-order valence-electron chi connectivity index (χ3n) is 4.46. The number of aromatic nitrogens is 5. The molecule has 0 spiro atoms. The molecule has 0 atom stereocenters. The number of nitrogens with one attached hydrogen (secondary N) is 2. The van der Waals surface area contributed by atoms with Crippen LogP contribution in [0, 0.1) is 0 Å². The summed E-state index contributed by atoms with van der Waals surface area (Å²) >= 11 is 1.55. The number of carbonyl (C=O) groups is 1. The second-order valence-electron chi connectivity index (χ2n) is 6.62. The van der Waals surface area contributed by atoms with Crippen LogP contribution in [0.3, 0.4) is 0 Å². The van der Waals surface area contributed by atoms with Crippen LogP contribution in [0.2, 0.25) is 0 Å². The smallest absolute Gasteiger partial charge is 0.273 e. The molecule has 1 amide bonds. The summed E-state index contributed by atoms with van der Waals surface area (Å²) in [5.74, 6) is 2.12. The highest BCUT2D eigenvalue weighted by Gasteiger charge is 2.16. The molecular formula is C20H23N7O4S. The first-order valence-electron chi connectivity index (χ1n) is 10.1. The highest BCUT2D eigenvalue weighted by molar-refractivity contribution is 7.99. The van der Waals surface area contributed by atoms with Crippen LogP contribution in [-0.2, 0) is 11.3 Å². The Bertz CT molecular complexity index is 1170. The Balaban J connectivity index is 1.43. The lowest BCUT2D eigenvalue weighted by molar-refractivity contribution is 0.0943. The van der Waals surface area contributed by atoms with E-state index in [1.807, 2.05) is 6.92 Å². The molecule has 12 heteroatoms. The third kappa shape index (κ3) is 4.92. The number of amides is 1. The minimum atomic E-state index is -0.346. The maximum atomic E-state index is 12.4. The number of anilines is 1. The number of ether oxygens (including phenoxy) is 1. The lowest BCUT2D eigenvalue weighted by Gasteiger charge is -2.09. The van der Waals surface area contributed by atoms with Crippen LogP contribution in [0.4, 0.5) is 5.82 Å². The molecule has 0 saturated heterocycles. The van der Waals surface area contributed by atoms with Gasteiger partial charge in [0, 0.05) is 26.3 Å². The monoisotopic (exact) mass is 457 g/mol. The first-order valence-corrected chi connectivity index (χ1v) is 11.1. The van der Waals surface area contributed by atoms with E-state index in [4.69, 9.17) is 13.7 Å². The van der Waals surface area contributed by atoms with Crippen LogP contribution in [0.25, 0.3) is 22.6 Å². The minimum Gasteiger partial charge on any atom is -0.461 e. The summed E-state index contributed by atoms with van der Waals surface area (Å²) in [5.41, 5.74) is 0.877. The van der Waals surface area contributed by atoms with Gasteiger partial charge in [-0.3, -0.25) is 4.79 Å². The Labute approximate surface area is 187 Å². The van der Waals surface area contributed by atoms with Crippen molar-refractivity contribution in [3.05, 3.63) is 36.4 Å². The molecule has 168 valence electrons. The molecule has 32 heavy (non-hydrogen) atoms. The van der Waals surface area contributed by atoms with Crippen LogP contribution in [0.1, 0.15) is 17.4 Å². The first kappa shape index (κ1) is 21.8. The largest absolute Gasteiger partial charge is 0.461 e. The number of carbonyl (C=O) groups excluding carboxylic acids is 1. The third-order valence-corrected chi connectivity index (χ3v) is 5.19. The summed E-state index contributed by atoms with van der Waals surface area (Å²) in [6, 6.07) is 5.01. The summed E-state index contributed by atoms with van der Waals surface area (Å²) < 4.78 is 17.3. The van der Waals surface area contributed by atoms with Gasteiger partial charge in [0.15, 0.2) is 22.3 Å². The van der Waals surface area contributed by atoms with Gasteiger partial charge in [-0.2, -0.15) is 5.10 Å². The Morgan fingerprint density at radius 3 is 2.97 bits per heavy atom. The SMILES string of the molecule is CCSc1nc(NCCOC)c2cnn(CCNC(=O)c3cc(-c4ccco4)on3)c2n1. The van der Waals surface area contributed by atoms with Crippen molar-refractivity contribution < 1.29 is 18.5 Å². The van der Waals surface area contributed by atoms with Crippen LogP contribution < -0.4 is 10.6 Å². The number of hydrogen-bond acceptors (Lipinski definition) is 10. The molecule has 0 aliphatic heterocycles. The number of thioether (sulfide) groups is 1.